The Labute approximate surface area is 125 Å². The number of nitrogens with zero attached hydrogens (tertiary/aromatic N) is 1. The van der Waals surface area contributed by atoms with E-state index in [1.54, 1.807) is 6.92 Å². The third kappa shape index (κ3) is 4.88. The molecule has 0 atom stereocenters. The van der Waals surface area contributed by atoms with Crippen molar-refractivity contribution in [1.82, 2.24) is 5.32 Å². The van der Waals surface area contributed by atoms with Crippen LogP contribution in [0.1, 0.15) is 24.2 Å². The third-order valence-electron chi connectivity index (χ3n) is 2.33. The molecular formula is C13H13ClN2O5. The van der Waals surface area contributed by atoms with E-state index in [0.29, 0.717) is 0 Å². The van der Waals surface area contributed by atoms with Crippen LogP contribution >= 0.6 is 11.6 Å². The van der Waals surface area contributed by atoms with Crippen molar-refractivity contribution >= 4 is 29.2 Å². The van der Waals surface area contributed by atoms with E-state index in [-0.39, 0.29) is 22.9 Å². The predicted molar refractivity (Wildman–Crippen MR) is 76.0 cm³/mol. The Balaban J connectivity index is 2.95. The first-order valence-electron chi connectivity index (χ1n) is 5.95. The highest BCUT2D eigenvalue weighted by Gasteiger charge is 2.20. The summed E-state index contributed by atoms with van der Waals surface area (Å²) in [6, 6.07) is 3.70. The number of carbonyl (C=O) groups excluding carboxylic acids is 2. The Hall–Kier alpha value is -2.41. The summed E-state index contributed by atoms with van der Waals surface area (Å²) in [5.41, 5.74) is -0.354. The third-order valence-corrected chi connectivity index (χ3v) is 2.57. The minimum Gasteiger partial charge on any atom is -0.463 e. The maximum atomic E-state index is 12.0. The molecule has 0 unspecified atom stereocenters. The molecule has 0 aliphatic carbocycles. The summed E-state index contributed by atoms with van der Waals surface area (Å²) in [7, 11) is 0. The van der Waals surface area contributed by atoms with Gasteiger partial charge in [-0.3, -0.25) is 14.9 Å². The topological polar surface area (TPSA) is 98.5 Å². The van der Waals surface area contributed by atoms with Crippen molar-refractivity contribution < 1.29 is 19.2 Å². The quantitative estimate of drug-likeness (QED) is 0.389. The number of hydrogen-bond donors (Lipinski definition) is 1. The van der Waals surface area contributed by atoms with E-state index >= 15 is 0 Å². The monoisotopic (exact) mass is 312 g/mol. The zero-order chi connectivity index (χ0) is 16.0. The maximum Gasteiger partial charge on any atom is 0.332 e. The van der Waals surface area contributed by atoms with Gasteiger partial charge in [0.05, 0.1) is 11.5 Å². The van der Waals surface area contributed by atoms with Crippen LogP contribution in [0.25, 0.3) is 0 Å². The van der Waals surface area contributed by atoms with Crippen LogP contribution in [0.4, 0.5) is 5.69 Å². The van der Waals surface area contributed by atoms with Gasteiger partial charge in [-0.05, 0) is 26.0 Å². The lowest BCUT2D eigenvalue weighted by molar-refractivity contribution is -0.385. The maximum absolute atomic E-state index is 12.0. The van der Waals surface area contributed by atoms with Crippen LogP contribution in [0.2, 0.25) is 5.02 Å². The fraction of sp³-hybridized carbons (Fsp3) is 0.231. The number of nitro benzene ring substituents is 1. The lowest BCUT2D eigenvalue weighted by Gasteiger charge is -2.06. The number of carbonyl (C=O) groups is 2. The second kappa shape index (κ2) is 7.39. The van der Waals surface area contributed by atoms with Crippen molar-refractivity contribution in [3.05, 3.63) is 50.7 Å². The first kappa shape index (κ1) is 16.6. The normalized spacial score (nSPS) is 10.9. The lowest BCUT2D eigenvalue weighted by atomic mass is 10.1. The SMILES string of the molecule is CCOC(=O)/C=C(\C)NC(=O)c1ccc(Cl)cc1[N+](=O)[O-]. The number of benzene rings is 1. The highest BCUT2D eigenvalue weighted by molar-refractivity contribution is 6.31. The highest BCUT2D eigenvalue weighted by atomic mass is 35.5. The highest BCUT2D eigenvalue weighted by Crippen LogP contribution is 2.23. The second-order valence-electron chi connectivity index (χ2n) is 3.95. The van der Waals surface area contributed by atoms with Crippen molar-refractivity contribution in [2.75, 3.05) is 6.61 Å². The van der Waals surface area contributed by atoms with Crippen LogP contribution in [-0.2, 0) is 9.53 Å². The molecule has 1 aromatic rings. The fourth-order valence-corrected chi connectivity index (χ4v) is 1.66. The van der Waals surface area contributed by atoms with Gasteiger partial charge in [0.1, 0.15) is 5.56 Å². The van der Waals surface area contributed by atoms with E-state index < -0.39 is 22.5 Å². The van der Waals surface area contributed by atoms with Gasteiger partial charge in [0, 0.05) is 22.9 Å². The number of ether oxygens (including phenoxy) is 1. The molecule has 0 saturated heterocycles. The Morgan fingerprint density at radius 2 is 2.14 bits per heavy atom. The van der Waals surface area contributed by atoms with Gasteiger partial charge < -0.3 is 10.1 Å². The Kier molecular flexibility index (Phi) is 5.86. The summed E-state index contributed by atoms with van der Waals surface area (Å²) in [4.78, 5) is 33.4. The van der Waals surface area contributed by atoms with Gasteiger partial charge in [-0.2, -0.15) is 0 Å². The molecule has 112 valence electrons. The van der Waals surface area contributed by atoms with Crippen LogP contribution in [0.15, 0.2) is 30.0 Å². The van der Waals surface area contributed by atoms with Crippen molar-refractivity contribution in [3.8, 4) is 0 Å². The van der Waals surface area contributed by atoms with E-state index in [9.17, 15) is 19.7 Å². The Morgan fingerprint density at radius 1 is 1.48 bits per heavy atom. The van der Waals surface area contributed by atoms with E-state index in [4.69, 9.17) is 11.6 Å². The van der Waals surface area contributed by atoms with Crippen LogP contribution in [0, 0.1) is 10.1 Å². The van der Waals surface area contributed by atoms with Gasteiger partial charge in [0.15, 0.2) is 0 Å². The van der Waals surface area contributed by atoms with Gasteiger partial charge in [-0.1, -0.05) is 11.6 Å². The minimum absolute atomic E-state index is 0.150. The molecule has 0 bridgehead atoms. The van der Waals surface area contributed by atoms with Gasteiger partial charge in [-0.15, -0.1) is 0 Å². The molecule has 1 N–H and O–H groups in total. The summed E-state index contributed by atoms with van der Waals surface area (Å²) >= 11 is 5.67. The fourth-order valence-electron chi connectivity index (χ4n) is 1.49. The molecule has 0 heterocycles. The standard InChI is InChI=1S/C13H13ClN2O5/c1-3-21-12(17)6-8(2)15-13(18)10-5-4-9(14)7-11(10)16(19)20/h4-7H,3H2,1-2H3,(H,15,18)/b8-6+. The van der Waals surface area contributed by atoms with Gasteiger partial charge in [0.25, 0.3) is 11.6 Å². The molecule has 0 aliphatic rings. The molecule has 1 aromatic carbocycles. The van der Waals surface area contributed by atoms with E-state index in [0.717, 1.165) is 12.1 Å². The van der Waals surface area contributed by atoms with E-state index in [1.165, 1.54) is 19.1 Å². The summed E-state index contributed by atoms with van der Waals surface area (Å²) in [6.07, 6.45) is 1.09. The van der Waals surface area contributed by atoms with Crippen LogP contribution in [0.3, 0.4) is 0 Å². The smallest absolute Gasteiger partial charge is 0.332 e. The van der Waals surface area contributed by atoms with Crippen molar-refractivity contribution in [2.45, 2.75) is 13.8 Å². The van der Waals surface area contributed by atoms with Gasteiger partial charge in [0.2, 0.25) is 0 Å². The predicted octanol–water partition coefficient (Wildman–Crippen LogP) is 2.44. The van der Waals surface area contributed by atoms with Crippen LogP contribution in [-0.4, -0.2) is 23.4 Å². The van der Waals surface area contributed by atoms with Crippen LogP contribution in [0.5, 0.6) is 0 Å². The number of esters is 1. The molecule has 0 aromatic heterocycles. The van der Waals surface area contributed by atoms with E-state index in [2.05, 4.69) is 10.1 Å². The van der Waals surface area contributed by atoms with Crippen molar-refractivity contribution in [1.29, 1.82) is 0 Å². The second-order valence-corrected chi connectivity index (χ2v) is 4.39. The zero-order valence-corrected chi connectivity index (χ0v) is 12.1. The molecule has 7 nitrogen and oxygen atoms in total. The van der Waals surface area contributed by atoms with Crippen molar-refractivity contribution in [3.63, 3.8) is 0 Å². The Morgan fingerprint density at radius 3 is 2.71 bits per heavy atom. The summed E-state index contributed by atoms with van der Waals surface area (Å²) in [6.45, 7) is 3.33. The number of allylic oxidation sites excluding steroid dienone is 1. The average molecular weight is 313 g/mol. The van der Waals surface area contributed by atoms with Crippen molar-refractivity contribution in [2.24, 2.45) is 0 Å². The van der Waals surface area contributed by atoms with Gasteiger partial charge in [-0.25, -0.2) is 4.79 Å². The number of rotatable bonds is 5. The molecule has 21 heavy (non-hydrogen) atoms. The Bertz CT molecular complexity index is 613. The summed E-state index contributed by atoms with van der Waals surface area (Å²) in [5.74, 6) is -1.32. The summed E-state index contributed by atoms with van der Waals surface area (Å²) in [5, 5.41) is 13.4. The number of amides is 1. The van der Waals surface area contributed by atoms with E-state index in [1.807, 2.05) is 0 Å². The zero-order valence-electron chi connectivity index (χ0n) is 11.4. The molecule has 0 fully saturated rings. The largest absolute Gasteiger partial charge is 0.463 e. The molecule has 0 saturated carbocycles. The summed E-state index contributed by atoms with van der Waals surface area (Å²) < 4.78 is 4.69. The van der Waals surface area contributed by atoms with Crippen LogP contribution < -0.4 is 5.32 Å². The molecule has 0 radical (unpaired) electrons. The number of nitro groups is 1. The minimum atomic E-state index is -0.712. The molecule has 1 rings (SSSR count). The first-order valence-corrected chi connectivity index (χ1v) is 6.33. The average Bonchev–Trinajstić information content (AvgIpc) is 2.38. The first-order chi connectivity index (χ1) is 9.85. The lowest BCUT2D eigenvalue weighted by Crippen LogP contribution is -2.23. The number of nitrogens with one attached hydrogen (secondary N) is 1. The van der Waals surface area contributed by atoms with Gasteiger partial charge >= 0.3 is 5.97 Å². The molecule has 0 spiro atoms. The number of hydrogen-bond acceptors (Lipinski definition) is 5. The molecule has 1 amide bonds. The molecule has 8 heteroatoms. The molecular weight excluding hydrogens is 300 g/mol. The number of halogens is 1. The molecule has 0 aliphatic heterocycles.